The number of aryl methyl sites for hydroxylation is 1. The Morgan fingerprint density at radius 2 is 1.89 bits per heavy atom. The Hall–Kier alpha value is -3.39. The predicted octanol–water partition coefficient (Wildman–Crippen LogP) is 3.59. The molecule has 0 saturated heterocycles. The number of halogens is 1. The summed E-state index contributed by atoms with van der Waals surface area (Å²) >= 11 is 1.11. The summed E-state index contributed by atoms with van der Waals surface area (Å²) in [5.41, 5.74) is 3.58. The summed E-state index contributed by atoms with van der Waals surface area (Å²) in [5.74, 6) is 0.453. The zero-order valence-corrected chi connectivity index (χ0v) is 15.7. The minimum atomic E-state index is -0.318. The highest BCUT2D eigenvalue weighted by molar-refractivity contribution is 7.13. The van der Waals surface area contributed by atoms with Crippen LogP contribution in [-0.2, 0) is 13.6 Å². The molecule has 0 fully saturated rings. The van der Waals surface area contributed by atoms with Crippen LogP contribution >= 0.6 is 11.5 Å². The maximum atomic E-state index is 13.2. The van der Waals surface area contributed by atoms with Crippen LogP contribution in [0.5, 0.6) is 0 Å². The lowest BCUT2D eigenvalue weighted by Gasteiger charge is -2.06. The molecule has 0 atom stereocenters. The van der Waals surface area contributed by atoms with E-state index in [4.69, 9.17) is 0 Å². The molecular formula is C20H14FN5OS. The van der Waals surface area contributed by atoms with Gasteiger partial charge in [-0.25, -0.2) is 14.4 Å². The number of nitrogens with zero attached hydrogens (tertiary/aromatic N) is 5. The summed E-state index contributed by atoms with van der Waals surface area (Å²) in [4.78, 5) is 22.0. The van der Waals surface area contributed by atoms with Gasteiger partial charge in [-0.15, -0.1) is 0 Å². The standard InChI is InChI=1S/C20H14FN5OS/c1-25-15-5-3-2-4-14(15)23-16(25)10-26-11-22-18-17(24-28-19(18)20(26)27)12-6-8-13(21)9-7-12/h2-9,11H,10H2,1H3. The lowest BCUT2D eigenvalue weighted by atomic mass is 10.1. The maximum Gasteiger partial charge on any atom is 0.273 e. The molecular weight excluding hydrogens is 377 g/mol. The van der Waals surface area contributed by atoms with E-state index in [1.54, 1.807) is 12.1 Å². The molecule has 0 N–H and O–H groups in total. The third kappa shape index (κ3) is 2.61. The van der Waals surface area contributed by atoms with Crippen molar-refractivity contribution in [1.29, 1.82) is 0 Å². The minimum Gasteiger partial charge on any atom is -0.330 e. The zero-order chi connectivity index (χ0) is 19.3. The van der Waals surface area contributed by atoms with Crippen molar-refractivity contribution >= 4 is 32.8 Å². The molecule has 3 heterocycles. The van der Waals surface area contributed by atoms with Crippen molar-refractivity contribution in [2.24, 2.45) is 7.05 Å². The number of imidazole rings is 1. The first-order valence-electron chi connectivity index (χ1n) is 8.63. The zero-order valence-electron chi connectivity index (χ0n) is 14.8. The first-order valence-corrected chi connectivity index (χ1v) is 9.40. The van der Waals surface area contributed by atoms with Gasteiger partial charge in [0.25, 0.3) is 5.56 Å². The highest BCUT2D eigenvalue weighted by Crippen LogP contribution is 2.27. The summed E-state index contributed by atoms with van der Waals surface area (Å²) in [6.07, 6.45) is 1.52. The molecule has 0 bridgehead atoms. The van der Waals surface area contributed by atoms with Crippen LogP contribution in [0.4, 0.5) is 4.39 Å². The summed E-state index contributed by atoms with van der Waals surface area (Å²) in [6, 6.07) is 13.8. The first kappa shape index (κ1) is 16.8. The third-order valence-corrected chi connectivity index (χ3v) is 5.58. The lowest BCUT2D eigenvalue weighted by Crippen LogP contribution is -2.21. The van der Waals surface area contributed by atoms with Gasteiger partial charge in [-0.3, -0.25) is 9.36 Å². The summed E-state index contributed by atoms with van der Waals surface area (Å²) in [7, 11) is 1.93. The van der Waals surface area contributed by atoms with Crippen LogP contribution in [0.3, 0.4) is 0 Å². The number of para-hydroxylation sites is 2. The van der Waals surface area contributed by atoms with Gasteiger partial charge in [-0.1, -0.05) is 12.1 Å². The Kier molecular flexibility index (Phi) is 3.80. The van der Waals surface area contributed by atoms with Crippen molar-refractivity contribution < 1.29 is 4.39 Å². The van der Waals surface area contributed by atoms with Crippen molar-refractivity contribution in [1.82, 2.24) is 23.5 Å². The second kappa shape index (κ2) is 6.35. The van der Waals surface area contributed by atoms with Gasteiger partial charge < -0.3 is 4.57 Å². The predicted molar refractivity (Wildman–Crippen MR) is 107 cm³/mol. The second-order valence-corrected chi connectivity index (χ2v) is 7.24. The van der Waals surface area contributed by atoms with Crippen LogP contribution in [0.25, 0.3) is 32.5 Å². The molecule has 0 spiro atoms. The quantitative estimate of drug-likeness (QED) is 0.471. The molecule has 138 valence electrons. The monoisotopic (exact) mass is 391 g/mol. The number of rotatable bonds is 3. The smallest absolute Gasteiger partial charge is 0.273 e. The van der Waals surface area contributed by atoms with E-state index in [1.165, 1.54) is 23.0 Å². The Labute approximate surface area is 162 Å². The highest BCUT2D eigenvalue weighted by atomic mass is 32.1. The fourth-order valence-electron chi connectivity index (χ4n) is 3.25. The molecule has 3 aromatic heterocycles. The van der Waals surface area contributed by atoms with E-state index in [1.807, 2.05) is 35.9 Å². The molecule has 0 aliphatic heterocycles. The normalized spacial score (nSPS) is 11.5. The topological polar surface area (TPSA) is 65.6 Å². The van der Waals surface area contributed by atoms with Gasteiger partial charge >= 0.3 is 0 Å². The number of hydrogen-bond acceptors (Lipinski definition) is 5. The first-order chi connectivity index (χ1) is 13.6. The van der Waals surface area contributed by atoms with Crippen molar-refractivity contribution in [3.8, 4) is 11.3 Å². The average molecular weight is 391 g/mol. The van der Waals surface area contributed by atoms with Crippen LogP contribution in [-0.4, -0.2) is 23.5 Å². The number of hydrogen-bond donors (Lipinski definition) is 0. The van der Waals surface area contributed by atoms with Crippen molar-refractivity contribution in [3.63, 3.8) is 0 Å². The molecule has 0 amide bonds. The Bertz CT molecular complexity index is 1380. The molecule has 0 radical (unpaired) electrons. The Morgan fingerprint density at radius 1 is 1.11 bits per heavy atom. The Morgan fingerprint density at radius 3 is 2.68 bits per heavy atom. The molecule has 5 rings (SSSR count). The number of aromatic nitrogens is 5. The lowest BCUT2D eigenvalue weighted by molar-refractivity contribution is 0.628. The van der Waals surface area contributed by atoms with Crippen molar-refractivity contribution in [2.45, 2.75) is 6.54 Å². The molecule has 5 aromatic rings. The van der Waals surface area contributed by atoms with Crippen LogP contribution in [0.2, 0.25) is 0 Å². The molecule has 28 heavy (non-hydrogen) atoms. The summed E-state index contributed by atoms with van der Waals surface area (Å²) in [6.45, 7) is 0.316. The molecule has 0 saturated carbocycles. The van der Waals surface area contributed by atoms with E-state index in [0.717, 1.165) is 34.0 Å². The summed E-state index contributed by atoms with van der Waals surface area (Å²) in [5, 5.41) is 0. The highest BCUT2D eigenvalue weighted by Gasteiger charge is 2.16. The summed E-state index contributed by atoms with van der Waals surface area (Å²) < 4.78 is 21.5. The van der Waals surface area contributed by atoms with Crippen LogP contribution in [0.15, 0.2) is 59.7 Å². The largest absolute Gasteiger partial charge is 0.330 e. The maximum absolute atomic E-state index is 13.2. The van der Waals surface area contributed by atoms with Gasteiger partial charge in [0.2, 0.25) is 0 Å². The second-order valence-electron chi connectivity index (χ2n) is 6.47. The molecule has 0 aliphatic carbocycles. The molecule has 0 unspecified atom stereocenters. The van der Waals surface area contributed by atoms with Crippen LogP contribution in [0.1, 0.15) is 5.82 Å². The van der Waals surface area contributed by atoms with Crippen molar-refractivity contribution in [2.75, 3.05) is 0 Å². The van der Waals surface area contributed by atoms with E-state index in [-0.39, 0.29) is 11.4 Å². The van der Waals surface area contributed by atoms with Crippen molar-refractivity contribution in [3.05, 3.63) is 76.9 Å². The molecule has 0 aliphatic rings. The van der Waals surface area contributed by atoms with Gasteiger partial charge in [-0.2, -0.15) is 4.37 Å². The SMILES string of the molecule is Cn1c(Cn2cnc3c(-c4ccc(F)cc4)nsc3c2=O)nc2ccccc21. The number of benzene rings is 2. The fraction of sp³-hybridized carbons (Fsp3) is 0.100. The van der Waals surface area contributed by atoms with Crippen LogP contribution in [0, 0.1) is 5.82 Å². The van der Waals surface area contributed by atoms with E-state index >= 15 is 0 Å². The van der Waals surface area contributed by atoms with Gasteiger partial charge in [-0.05, 0) is 47.9 Å². The Balaban J connectivity index is 1.58. The molecule has 2 aromatic carbocycles. The van der Waals surface area contributed by atoms with E-state index in [0.29, 0.717) is 22.5 Å². The average Bonchev–Trinajstić information content (AvgIpc) is 3.27. The van der Waals surface area contributed by atoms with Gasteiger partial charge in [0, 0.05) is 12.6 Å². The van der Waals surface area contributed by atoms with E-state index in [2.05, 4.69) is 14.3 Å². The van der Waals surface area contributed by atoms with Gasteiger partial charge in [0.1, 0.15) is 27.6 Å². The van der Waals surface area contributed by atoms with E-state index < -0.39 is 0 Å². The fourth-order valence-corrected chi connectivity index (χ4v) is 4.06. The van der Waals surface area contributed by atoms with Gasteiger partial charge in [0.15, 0.2) is 0 Å². The third-order valence-electron chi connectivity index (χ3n) is 4.76. The molecule has 8 heteroatoms. The van der Waals surface area contributed by atoms with E-state index in [9.17, 15) is 9.18 Å². The number of fused-ring (bicyclic) bond motifs is 2. The van der Waals surface area contributed by atoms with Gasteiger partial charge in [0.05, 0.1) is 23.9 Å². The minimum absolute atomic E-state index is 0.164. The molecule has 6 nitrogen and oxygen atoms in total. The van der Waals surface area contributed by atoms with Crippen LogP contribution < -0.4 is 5.56 Å².